The maximum absolute atomic E-state index is 8.85. The van der Waals surface area contributed by atoms with Crippen LogP contribution >= 0.6 is 11.3 Å². The van der Waals surface area contributed by atoms with Gasteiger partial charge in [0.15, 0.2) is 0 Å². The Morgan fingerprint density at radius 2 is 2.36 bits per heavy atom. The molecule has 0 aliphatic heterocycles. The monoisotopic (exact) mass is 211 g/mol. The van der Waals surface area contributed by atoms with Crippen LogP contribution in [0.25, 0.3) is 0 Å². The lowest BCUT2D eigenvalue weighted by Crippen LogP contribution is -2.29. The second kappa shape index (κ2) is 6.76. The average molecular weight is 211 g/mol. The van der Waals surface area contributed by atoms with Gasteiger partial charge >= 0.3 is 0 Å². The van der Waals surface area contributed by atoms with Crippen molar-refractivity contribution in [1.29, 1.82) is 0 Å². The Labute approximate surface area is 89.5 Å². The smallest absolute Gasteiger partial charge is 0.0558 e. The fourth-order valence-electron chi connectivity index (χ4n) is 1.34. The van der Waals surface area contributed by atoms with Crippen molar-refractivity contribution in [3.05, 3.63) is 35.0 Å². The molecule has 2 nitrogen and oxygen atoms in total. The lowest BCUT2D eigenvalue weighted by atomic mass is 10.3. The quantitative estimate of drug-likeness (QED) is 0.695. The van der Waals surface area contributed by atoms with Crippen molar-refractivity contribution in [3.8, 4) is 0 Å². The van der Waals surface area contributed by atoms with Crippen molar-refractivity contribution < 1.29 is 5.11 Å². The fraction of sp³-hybridized carbons (Fsp3) is 0.455. The van der Waals surface area contributed by atoms with Crippen molar-refractivity contribution in [3.63, 3.8) is 0 Å². The van der Waals surface area contributed by atoms with Crippen LogP contribution in [-0.4, -0.2) is 36.2 Å². The zero-order valence-corrected chi connectivity index (χ0v) is 9.17. The van der Waals surface area contributed by atoms with Crippen LogP contribution in [0.1, 0.15) is 4.88 Å². The van der Waals surface area contributed by atoms with E-state index in [-0.39, 0.29) is 6.61 Å². The van der Waals surface area contributed by atoms with Crippen molar-refractivity contribution >= 4 is 11.3 Å². The van der Waals surface area contributed by atoms with E-state index in [0.29, 0.717) is 0 Å². The van der Waals surface area contributed by atoms with E-state index < -0.39 is 0 Å². The molecule has 0 unspecified atom stereocenters. The van der Waals surface area contributed by atoms with Crippen LogP contribution in [-0.2, 0) is 6.42 Å². The summed E-state index contributed by atoms with van der Waals surface area (Å²) in [4.78, 5) is 3.60. The Kier molecular flexibility index (Phi) is 5.52. The molecule has 0 atom stereocenters. The molecule has 78 valence electrons. The van der Waals surface area contributed by atoms with E-state index in [1.54, 1.807) is 11.3 Å². The van der Waals surface area contributed by atoms with Gasteiger partial charge in [0.2, 0.25) is 0 Å². The van der Waals surface area contributed by atoms with Crippen molar-refractivity contribution in [1.82, 2.24) is 4.90 Å². The molecule has 0 amide bonds. The van der Waals surface area contributed by atoms with Gasteiger partial charge in [-0.15, -0.1) is 17.9 Å². The Morgan fingerprint density at radius 1 is 1.50 bits per heavy atom. The summed E-state index contributed by atoms with van der Waals surface area (Å²) in [7, 11) is 0. The van der Waals surface area contributed by atoms with E-state index in [4.69, 9.17) is 5.11 Å². The molecule has 0 bridgehead atoms. The summed E-state index contributed by atoms with van der Waals surface area (Å²) >= 11 is 1.79. The van der Waals surface area contributed by atoms with E-state index in [1.807, 2.05) is 6.08 Å². The maximum atomic E-state index is 8.85. The van der Waals surface area contributed by atoms with E-state index in [2.05, 4.69) is 29.0 Å². The first kappa shape index (κ1) is 11.4. The molecule has 0 spiro atoms. The van der Waals surface area contributed by atoms with Gasteiger partial charge in [0.05, 0.1) is 6.61 Å². The van der Waals surface area contributed by atoms with Crippen LogP contribution in [0.15, 0.2) is 30.2 Å². The largest absolute Gasteiger partial charge is 0.395 e. The summed E-state index contributed by atoms with van der Waals surface area (Å²) in [5, 5.41) is 10.9. The highest BCUT2D eigenvalue weighted by Crippen LogP contribution is 2.09. The van der Waals surface area contributed by atoms with Gasteiger partial charge in [-0.25, -0.2) is 0 Å². The van der Waals surface area contributed by atoms with E-state index in [0.717, 1.165) is 26.1 Å². The molecule has 0 fully saturated rings. The predicted octanol–water partition coefficient (Wildman–Crippen LogP) is 1.77. The number of hydrogen-bond donors (Lipinski definition) is 1. The summed E-state index contributed by atoms with van der Waals surface area (Å²) in [6.45, 7) is 6.51. The van der Waals surface area contributed by atoms with Gasteiger partial charge in [-0.3, -0.25) is 4.90 Å². The zero-order valence-electron chi connectivity index (χ0n) is 8.35. The maximum Gasteiger partial charge on any atom is 0.0558 e. The first-order valence-corrected chi connectivity index (χ1v) is 5.71. The molecule has 0 aliphatic carbocycles. The number of aliphatic hydroxyl groups is 1. The normalized spacial score (nSPS) is 10.7. The number of aliphatic hydroxyl groups excluding tert-OH is 1. The first-order chi connectivity index (χ1) is 6.86. The van der Waals surface area contributed by atoms with E-state index >= 15 is 0 Å². The van der Waals surface area contributed by atoms with E-state index in [1.165, 1.54) is 4.88 Å². The lowest BCUT2D eigenvalue weighted by Gasteiger charge is -2.18. The third-order valence-corrected chi connectivity index (χ3v) is 2.99. The molecule has 3 heteroatoms. The average Bonchev–Trinajstić information content (AvgIpc) is 2.67. The van der Waals surface area contributed by atoms with Gasteiger partial charge in [-0.2, -0.15) is 0 Å². The summed E-state index contributed by atoms with van der Waals surface area (Å²) in [5.74, 6) is 0. The first-order valence-electron chi connectivity index (χ1n) is 4.83. The molecule has 0 saturated carbocycles. The topological polar surface area (TPSA) is 23.5 Å². The molecule has 1 aromatic rings. The molecule has 1 heterocycles. The highest BCUT2D eigenvalue weighted by Gasteiger charge is 2.02. The van der Waals surface area contributed by atoms with Crippen LogP contribution in [0, 0.1) is 0 Å². The summed E-state index contributed by atoms with van der Waals surface area (Å²) in [5.41, 5.74) is 0. The third kappa shape index (κ3) is 4.05. The molecular weight excluding hydrogens is 194 g/mol. The molecule has 0 aliphatic rings. The minimum absolute atomic E-state index is 0.221. The molecule has 0 saturated heterocycles. The highest BCUT2D eigenvalue weighted by atomic mass is 32.1. The van der Waals surface area contributed by atoms with Gasteiger partial charge in [0.25, 0.3) is 0 Å². The highest BCUT2D eigenvalue weighted by molar-refractivity contribution is 7.09. The van der Waals surface area contributed by atoms with Crippen molar-refractivity contribution in [2.45, 2.75) is 6.42 Å². The third-order valence-electron chi connectivity index (χ3n) is 2.06. The van der Waals surface area contributed by atoms with Crippen LogP contribution in [0.4, 0.5) is 0 Å². The minimum atomic E-state index is 0.221. The fourth-order valence-corrected chi connectivity index (χ4v) is 2.04. The number of rotatable bonds is 7. The molecule has 14 heavy (non-hydrogen) atoms. The molecule has 1 aromatic heterocycles. The van der Waals surface area contributed by atoms with Gasteiger partial charge in [-0.1, -0.05) is 12.1 Å². The Balaban J connectivity index is 2.28. The van der Waals surface area contributed by atoms with Crippen LogP contribution in [0.2, 0.25) is 0 Å². The second-order valence-electron chi connectivity index (χ2n) is 3.14. The molecule has 0 radical (unpaired) electrons. The zero-order chi connectivity index (χ0) is 10.2. The van der Waals surface area contributed by atoms with Crippen LogP contribution in [0.5, 0.6) is 0 Å². The number of thiophene rings is 1. The van der Waals surface area contributed by atoms with Crippen LogP contribution < -0.4 is 0 Å². The van der Waals surface area contributed by atoms with E-state index in [9.17, 15) is 0 Å². The minimum Gasteiger partial charge on any atom is -0.395 e. The van der Waals surface area contributed by atoms with Crippen LogP contribution in [0.3, 0.4) is 0 Å². The van der Waals surface area contributed by atoms with Crippen molar-refractivity contribution in [2.75, 3.05) is 26.2 Å². The SMILES string of the molecule is C=CCN(CCO)CCc1cccs1. The predicted molar refractivity (Wildman–Crippen MR) is 61.7 cm³/mol. The van der Waals surface area contributed by atoms with Gasteiger partial charge in [0, 0.05) is 24.5 Å². The number of hydrogen-bond acceptors (Lipinski definition) is 3. The Bertz CT molecular complexity index is 246. The Morgan fingerprint density at radius 3 is 2.93 bits per heavy atom. The summed E-state index contributed by atoms with van der Waals surface area (Å²) < 4.78 is 0. The lowest BCUT2D eigenvalue weighted by molar-refractivity contribution is 0.210. The van der Waals surface area contributed by atoms with Gasteiger partial charge in [-0.05, 0) is 17.9 Å². The van der Waals surface area contributed by atoms with Gasteiger partial charge in [0.1, 0.15) is 0 Å². The Hall–Kier alpha value is -0.640. The molecule has 0 aromatic carbocycles. The van der Waals surface area contributed by atoms with Gasteiger partial charge < -0.3 is 5.11 Å². The molecule has 1 N–H and O–H groups in total. The summed E-state index contributed by atoms with van der Waals surface area (Å²) in [6.07, 6.45) is 2.94. The summed E-state index contributed by atoms with van der Waals surface area (Å²) in [6, 6.07) is 4.22. The standard InChI is InChI=1S/C11H17NOS/c1-2-6-12(8-9-13)7-5-11-4-3-10-14-11/h2-4,10,13H,1,5-9H2. The van der Waals surface area contributed by atoms with Crippen molar-refractivity contribution in [2.24, 2.45) is 0 Å². The molecular formula is C11H17NOS. The second-order valence-corrected chi connectivity index (χ2v) is 4.17. The number of nitrogens with zero attached hydrogens (tertiary/aromatic N) is 1. The molecule has 1 rings (SSSR count).